The van der Waals surface area contributed by atoms with Crippen LogP contribution in [0.4, 0.5) is 10.1 Å². The molecule has 1 saturated carbocycles. The zero-order valence-electron chi connectivity index (χ0n) is 15.6. The van der Waals surface area contributed by atoms with Crippen molar-refractivity contribution < 1.29 is 18.7 Å². The van der Waals surface area contributed by atoms with Crippen LogP contribution in [0, 0.1) is 17.1 Å². The summed E-state index contributed by atoms with van der Waals surface area (Å²) in [4.78, 5) is 24.4. The molecular weight excluding hydrogens is 359 g/mol. The number of benzene rings is 2. The topological polar surface area (TPSA) is 79.2 Å². The highest BCUT2D eigenvalue weighted by atomic mass is 19.1. The first-order valence-electron chi connectivity index (χ1n) is 9.25. The van der Waals surface area contributed by atoms with Gasteiger partial charge in [0, 0.05) is 18.6 Å². The molecule has 28 heavy (non-hydrogen) atoms. The third-order valence-electron chi connectivity index (χ3n) is 5.15. The molecule has 1 amide bonds. The number of anilines is 1. The fraction of sp³-hybridized carbons (Fsp3) is 0.318. The molecule has 0 radical (unpaired) electrons. The molecule has 0 aromatic heterocycles. The van der Waals surface area contributed by atoms with Crippen molar-refractivity contribution in [1.82, 2.24) is 0 Å². The number of hydrogen-bond acceptors (Lipinski definition) is 4. The molecule has 0 unspecified atom stereocenters. The quantitative estimate of drug-likeness (QED) is 0.627. The Hall–Kier alpha value is -3.20. The van der Waals surface area contributed by atoms with Gasteiger partial charge in [-0.05, 0) is 31.0 Å². The van der Waals surface area contributed by atoms with Crippen LogP contribution in [-0.2, 0) is 15.0 Å². The standard InChI is InChI=1S/C22H21FN2O3/c1-15(26)28-17-9-10-20(16(13-17)14-24)25-21(27)22(11-5-2-6-12-22)18-7-3-4-8-19(18)23/h3-4,7-10,13H,2,5-6,11-12H2,1H3,(H,25,27). The van der Waals surface area contributed by atoms with Gasteiger partial charge in [0.1, 0.15) is 17.6 Å². The number of nitrogens with zero attached hydrogens (tertiary/aromatic N) is 1. The van der Waals surface area contributed by atoms with Crippen molar-refractivity contribution in [2.24, 2.45) is 0 Å². The fourth-order valence-corrected chi connectivity index (χ4v) is 3.82. The third-order valence-corrected chi connectivity index (χ3v) is 5.15. The van der Waals surface area contributed by atoms with Crippen LogP contribution < -0.4 is 10.1 Å². The zero-order chi connectivity index (χ0) is 20.1. The Balaban J connectivity index is 1.94. The van der Waals surface area contributed by atoms with E-state index in [0.29, 0.717) is 24.1 Å². The van der Waals surface area contributed by atoms with Crippen molar-refractivity contribution in [1.29, 1.82) is 5.26 Å². The van der Waals surface area contributed by atoms with Crippen molar-refractivity contribution >= 4 is 17.6 Å². The lowest BCUT2D eigenvalue weighted by Gasteiger charge is -2.36. The van der Waals surface area contributed by atoms with Gasteiger partial charge in [-0.15, -0.1) is 0 Å². The summed E-state index contributed by atoms with van der Waals surface area (Å²) >= 11 is 0. The normalized spacial score (nSPS) is 15.3. The molecule has 5 nitrogen and oxygen atoms in total. The summed E-state index contributed by atoms with van der Waals surface area (Å²) in [7, 11) is 0. The second-order valence-electron chi connectivity index (χ2n) is 6.99. The zero-order valence-corrected chi connectivity index (χ0v) is 15.6. The summed E-state index contributed by atoms with van der Waals surface area (Å²) in [5.41, 5.74) is -0.0938. The Morgan fingerprint density at radius 1 is 1.14 bits per heavy atom. The molecule has 2 aromatic carbocycles. The van der Waals surface area contributed by atoms with E-state index in [2.05, 4.69) is 5.32 Å². The van der Waals surface area contributed by atoms with E-state index in [0.717, 1.165) is 19.3 Å². The van der Waals surface area contributed by atoms with E-state index >= 15 is 0 Å². The van der Waals surface area contributed by atoms with Crippen molar-refractivity contribution in [3.8, 4) is 11.8 Å². The lowest BCUT2D eigenvalue weighted by molar-refractivity contribution is -0.131. The van der Waals surface area contributed by atoms with Gasteiger partial charge < -0.3 is 10.1 Å². The largest absolute Gasteiger partial charge is 0.427 e. The predicted molar refractivity (Wildman–Crippen MR) is 102 cm³/mol. The van der Waals surface area contributed by atoms with Crippen LogP contribution in [0.3, 0.4) is 0 Å². The second-order valence-corrected chi connectivity index (χ2v) is 6.99. The summed E-state index contributed by atoms with van der Waals surface area (Å²) in [6.07, 6.45) is 3.76. The van der Waals surface area contributed by atoms with Crippen LogP contribution in [-0.4, -0.2) is 11.9 Å². The molecule has 0 bridgehead atoms. The lowest BCUT2D eigenvalue weighted by Crippen LogP contribution is -2.42. The fourth-order valence-electron chi connectivity index (χ4n) is 3.82. The molecule has 0 saturated heterocycles. The minimum absolute atomic E-state index is 0.173. The van der Waals surface area contributed by atoms with Crippen LogP contribution in [0.1, 0.15) is 50.2 Å². The van der Waals surface area contributed by atoms with E-state index in [4.69, 9.17) is 4.74 Å². The molecule has 0 aliphatic heterocycles. The van der Waals surface area contributed by atoms with Crippen molar-refractivity contribution in [2.75, 3.05) is 5.32 Å². The monoisotopic (exact) mass is 380 g/mol. The highest BCUT2D eigenvalue weighted by molar-refractivity contribution is 6.00. The summed E-state index contributed by atoms with van der Waals surface area (Å²) in [5.74, 6) is -0.996. The van der Waals surface area contributed by atoms with E-state index in [1.807, 2.05) is 6.07 Å². The number of nitriles is 1. The van der Waals surface area contributed by atoms with Crippen molar-refractivity contribution in [2.45, 2.75) is 44.4 Å². The summed E-state index contributed by atoms with van der Waals surface area (Å²) in [5, 5.41) is 12.2. The molecule has 1 aliphatic carbocycles. The van der Waals surface area contributed by atoms with Crippen LogP contribution in [0.5, 0.6) is 5.75 Å². The number of amides is 1. The van der Waals surface area contributed by atoms with Crippen LogP contribution in [0.15, 0.2) is 42.5 Å². The smallest absolute Gasteiger partial charge is 0.308 e. The molecule has 3 rings (SSSR count). The van der Waals surface area contributed by atoms with Gasteiger partial charge in [0.25, 0.3) is 0 Å². The summed E-state index contributed by atoms with van der Waals surface area (Å²) < 4.78 is 19.5. The maximum absolute atomic E-state index is 14.6. The number of carbonyl (C=O) groups excluding carboxylic acids is 2. The average Bonchev–Trinajstić information content (AvgIpc) is 2.69. The molecule has 0 atom stereocenters. The maximum Gasteiger partial charge on any atom is 0.308 e. The van der Waals surface area contributed by atoms with Crippen molar-refractivity contribution in [3.63, 3.8) is 0 Å². The number of rotatable bonds is 4. The van der Waals surface area contributed by atoms with Gasteiger partial charge in [0.05, 0.1) is 16.7 Å². The van der Waals surface area contributed by atoms with Gasteiger partial charge in [-0.25, -0.2) is 4.39 Å². The van der Waals surface area contributed by atoms with Crippen LogP contribution in [0.25, 0.3) is 0 Å². The molecule has 1 N–H and O–H groups in total. The highest BCUT2D eigenvalue weighted by Gasteiger charge is 2.43. The van der Waals surface area contributed by atoms with E-state index < -0.39 is 17.2 Å². The van der Waals surface area contributed by atoms with E-state index in [9.17, 15) is 19.2 Å². The molecule has 1 fully saturated rings. The number of carbonyl (C=O) groups is 2. The van der Waals surface area contributed by atoms with E-state index in [1.54, 1.807) is 18.2 Å². The first-order chi connectivity index (χ1) is 13.5. The Morgan fingerprint density at radius 3 is 2.50 bits per heavy atom. The molecule has 144 valence electrons. The number of nitrogens with one attached hydrogen (secondary N) is 1. The Kier molecular flexibility index (Phi) is 5.74. The van der Waals surface area contributed by atoms with Crippen molar-refractivity contribution in [3.05, 3.63) is 59.4 Å². The first kappa shape index (κ1) is 19.6. The molecule has 6 heteroatoms. The minimum Gasteiger partial charge on any atom is -0.427 e. The maximum atomic E-state index is 14.6. The van der Waals surface area contributed by atoms with E-state index in [-0.39, 0.29) is 17.2 Å². The number of ether oxygens (including phenoxy) is 1. The molecule has 1 aliphatic rings. The molecule has 0 heterocycles. The Morgan fingerprint density at radius 2 is 1.86 bits per heavy atom. The Labute approximate surface area is 163 Å². The average molecular weight is 380 g/mol. The van der Waals surface area contributed by atoms with Gasteiger partial charge in [-0.2, -0.15) is 5.26 Å². The first-order valence-corrected chi connectivity index (χ1v) is 9.25. The molecule has 0 spiro atoms. The van der Waals surface area contributed by atoms with Gasteiger partial charge >= 0.3 is 5.97 Å². The lowest BCUT2D eigenvalue weighted by atomic mass is 9.68. The van der Waals surface area contributed by atoms with Gasteiger partial charge in [0.15, 0.2) is 0 Å². The number of hydrogen-bond donors (Lipinski definition) is 1. The minimum atomic E-state index is -0.967. The Bertz CT molecular complexity index is 943. The number of esters is 1. The third kappa shape index (κ3) is 3.89. The second kappa shape index (κ2) is 8.22. The molecule has 2 aromatic rings. The van der Waals surface area contributed by atoms with Gasteiger partial charge in [-0.1, -0.05) is 37.5 Å². The SMILES string of the molecule is CC(=O)Oc1ccc(NC(=O)C2(c3ccccc3F)CCCCC2)c(C#N)c1. The van der Waals surface area contributed by atoms with E-state index in [1.165, 1.54) is 31.2 Å². The summed E-state index contributed by atoms with van der Waals surface area (Å²) in [6.45, 7) is 1.27. The predicted octanol–water partition coefficient (Wildman–Crippen LogP) is 4.46. The molecular formula is C22H21FN2O3. The number of halogens is 1. The van der Waals surface area contributed by atoms with Crippen LogP contribution in [0.2, 0.25) is 0 Å². The van der Waals surface area contributed by atoms with Gasteiger partial charge in [0.2, 0.25) is 5.91 Å². The highest BCUT2D eigenvalue weighted by Crippen LogP contribution is 2.41. The van der Waals surface area contributed by atoms with Crippen LogP contribution >= 0.6 is 0 Å². The summed E-state index contributed by atoms with van der Waals surface area (Å²) in [6, 6.07) is 12.8. The van der Waals surface area contributed by atoms with Gasteiger partial charge in [-0.3, -0.25) is 9.59 Å².